The molecule has 5 heteroatoms. The van der Waals surface area contributed by atoms with Gasteiger partial charge in [0.15, 0.2) is 6.61 Å². The third-order valence-electron chi connectivity index (χ3n) is 5.90. The highest BCUT2D eigenvalue weighted by Crippen LogP contribution is 2.31. The summed E-state index contributed by atoms with van der Waals surface area (Å²) in [5.74, 6) is 0.447. The van der Waals surface area contributed by atoms with Gasteiger partial charge in [0.2, 0.25) is 0 Å². The van der Waals surface area contributed by atoms with Crippen molar-refractivity contribution in [2.75, 3.05) is 13.2 Å². The monoisotopic (exact) mass is 443 g/mol. The number of hydrogen-bond acceptors (Lipinski definition) is 4. The van der Waals surface area contributed by atoms with Crippen molar-refractivity contribution in [1.29, 1.82) is 0 Å². The van der Waals surface area contributed by atoms with Crippen molar-refractivity contribution in [1.82, 2.24) is 0 Å². The van der Waals surface area contributed by atoms with Gasteiger partial charge in [-0.15, -0.1) is 0 Å². The highest BCUT2D eigenvalue weighted by Gasteiger charge is 2.21. The highest BCUT2D eigenvalue weighted by atomic mass is 16.6. The minimum absolute atomic E-state index is 0.0222. The topological polar surface area (TPSA) is 68.1 Å². The van der Waals surface area contributed by atoms with Gasteiger partial charge in [0.1, 0.15) is 12.4 Å². The summed E-state index contributed by atoms with van der Waals surface area (Å²) in [5.41, 5.74) is 5.15. The van der Waals surface area contributed by atoms with Crippen LogP contribution < -0.4 is 4.74 Å². The lowest BCUT2D eigenvalue weighted by atomic mass is 9.80. The highest BCUT2D eigenvalue weighted by molar-refractivity contribution is 6.00. The van der Waals surface area contributed by atoms with Crippen LogP contribution in [-0.4, -0.2) is 30.0 Å². The van der Waals surface area contributed by atoms with Crippen LogP contribution in [0, 0.1) is 5.92 Å². The van der Waals surface area contributed by atoms with Gasteiger partial charge < -0.3 is 14.7 Å². The summed E-state index contributed by atoms with van der Waals surface area (Å²) >= 11 is 0. The van der Waals surface area contributed by atoms with Crippen LogP contribution in [0.1, 0.15) is 36.8 Å². The molecule has 0 aliphatic heterocycles. The summed E-state index contributed by atoms with van der Waals surface area (Å²) in [5, 5.41) is 13.4. The fourth-order valence-corrected chi connectivity index (χ4v) is 3.90. The average molecular weight is 444 g/mol. The molecular formula is C28H29NO4. The molecule has 0 unspecified atom stereocenters. The van der Waals surface area contributed by atoms with Crippen LogP contribution >= 0.6 is 0 Å². The molecule has 5 nitrogen and oxygen atoms in total. The first-order valence-corrected chi connectivity index (χ1v) is 11.5. The predicted octanol–water partition coefficient (Wildman–Crippen LogP) is 5.97. The molecule has 4 rings (SSSR count). The first kappa shape index (κ1) is 22.6. The number of hydrogen-bond donors (Lipinski definition) is 1. The number of nitrogens with zero attached hydrogens (tertiary/aromatic N) is 1. The Labute approximate surface area is 194 Å². The molecule has 33 heavy (non-hydrogen) atoms. The third kappa shape index (κ3) is 6.69. The molecule has 1 fully saturated rings. The second-order valence-corrected chi connectivity index (χ2v) is 8.38. The summed E-state index contributed by atoms with van der Waals surface area (Å²) in [6, 6.07) is 26.0. The summed E-state index contributed by atoms with van der Waals surface area (Å²) in [6.45, 7) is 0.656. The minimum atomic E-state index is -0.861. The zero-order chi connectivity index (χ0) is 22.9. The van der Waals surface area contributed by atoms with Gasteiger partial charge in [-0.05, 0) is 46.7 Å². The number of ether oxygens (including phenoxy) is 1. The molecule has 0 aromatic heterocycles. The van der Waals surface area contributed by atoms with Crippen LogP contribution in [0.25, 0.3) is 11.1 Å². The molecule has 0 amide bonds. The molecule has 1 aliphatic carbocycles. The number of carboxylic acid groups (broad SMARTS) is 1. The molecule has 0 atom stereocenters. The van der Waals surface area contributed by atoms with E-state index in [-0.39, 0.29) is 6.42 Å². The van der Waals surface area contributed by atoms with Crippen LogP contribution in [0.2, 0.25) is 0 Å². The lowest BCUT2D eigenvalue weighted by Gasteiger charge is -2.25. The average Bonchev–Trinajstić information content (AvgIpc) is 2.80. The Morgan fingerprint density at radius 1 is 0.909 bits per heavy atom. The van der Waals surface area contributed by atoms with E-state index in [1.807, 2.05) is 24.3 Å². The minimum Gasteiger partial charge on any atom is -0.490 e. The largest absolute Gasteiger partial charge is 0.490 e. The van der Waals surface area contributed by atoms with Gasteiger partial charge in [-0.3, -0.25) is 4.79 Å². The molecule has 1 aliphatic rings. The number of aliphatic carboxylic acids is 1. The Morgan fingerprint density at radius 3 is 2.36 bits per heavy atom. The Morgan fingerprint density at radius 2 is 1.67 bits per heavy atom. The molecule has 170 valence electrons. The molecule has 1 N–H and O–H groups in total. The summed E-state index contributed by atoms with van der Waals surface area (Å²) in [6.07, 6.45) is 4.68. The zero-order valence-corrected chi connectivity index (χ0v) is 18.7. The molecule has 3 aromatic rings. The molecule has 0 radical (unpaired) electrons. The molecule has 0 heterocycles. The van der Waals surface area contributed by atoms with Crippen LogP contribution in [0.15, 0.2) is 84.0 Å². The van der Waals surface area contributed by atoms with E-state index in [4.69, 9.17) is 14.7 Å². The fourth-order valence-electron chi connectivity index (χ4n) is 3.90. The Bertz CT molecular complexity index is 1070. The molecule has 1 saturated carbocycles. The quantitative estimate of drug-likeness (QED) is 0.225. The van der Waals surface area contributed by atoms with Gasteiger partial charge in [0, 0.05) is 0 Å². The normalized spacial score (nSPS) is 13.9. The van der Waals surface area contributed by atoms with E-state index in [9.17, 15) is 4.79 Å². The first-order valence-electron chi connectivity index (χ1n) is 11.5. The van der Waals surface area contributed by atoms with Crippen molar-refractivity contribution in [3.05, 3.63) is 90.0 Å². The summed E-state index contributed by atoms with van der Waals surface area (Å²) < 4.78 is 5.71. The van der Waals surface area contributed by atoms with E-state index in [1.165, 1.54) is 30.4 Å². The van der Waals surface area contributed by atoms with Crippen molar-refractivity contribution in [3.63, 3.8) is 0 Å². The maximum absolute atomic E-state index is 10.9. The fraction of sp³-hybridized carbons (Fsp3) is 0.286. The third-order valence-corrected chi connectivity index (χ3v) is 5.90. The van der Waals surface area contributed by atoms with Gasteiger partial charge in [-0.1, -0.05) is 91.1 Å². The first-order chi connectivity index (χ1) is 16.2. The Kier molecular flexibility index (Phi) is 7.75. The molecule has 0 spiro atoms. The molecule has 0 bridgehead atoms. The number of oxime groups is 1. The van der Waals surface area contributed by atoms with Gasteiger partial charge in [0.25, 0.3) is 0 Å². The second-order valence-electron chi connectivity index (χ2n) is 8.38. The van der Waals surface area contributed by atoms with E-state index in [2.05, 4.69) is 41.6 Å². The lowest BCUT2D eigenvalue weighted by molar-refractivity contribution is -0.136. The van der Waals surface area contributed by atoms with E-state index in [0.29, 0.717) is 30.4 Å². The van der Waals surface area contributed by atoms with Crippen molar-refractivity contribution >= 4 is 11.7 Å². The summed E-state index contributed by atoms with van der Waals surface area (Å²) in [4.78, 5) is 16.5. The number of carbonyl (C=O) groups is 1. The van der Waals surface area contributed by atoms with Crippen molar-refractivity contribution in [3.8, 4) is 16.9 Å². The molecular weight excluding hydrogens is 414 g/mol. The summed E-state index contributed by atoms with van der Waals surface area (Å²) in [7, 11) is 0. The van der Waals surface area contributed by atoms with Crippen molar-refractivity contribution in [2.45, 2.75) is 32.1 Å². The smallest absolute Gasteiger partial charge is 0.307 e. The van der Waals surface area contributed by atoms with Crippen LogP contribution in [0.4, 0.5) is 0 Å². The van der Waals surface area contributed by atoms with Crippen LogP contribution in [0.5, 0.6) is 5.75 Å². The van der Waals surface area contributed by atoms with E-state index < -0.39 is 5.97 Å². The molecule has 3 aromatic carbocycles. The van der Waals surface area contributed by atoms with E-state index >= 15 is 0 Å². The number of rotatable bonds is 11. The van der Waals surface area contributed by atoms with E-state index in [0.717, 1.165) is 17.7 Å². The lowest BCUT2D eigenvalue weighted by Crippen LogP contribution is -2.17. The standard InChI is InChI=1S/C28H29NO4/c30-28(31)20-22-8-5-11-26(18-22)32-16-17-33-29-27(19-21-6-4-7-21)25-14-12-24(13-15-25)23-9-2-1-3-10-23/h1-3,5,8-15,18,21H,4,6-7,16-17,19-20H2,(H,30,31)/b29-27+. The van der Waals surface area contributed by atoms with Crippen LogP contribution in [0.3, 0.4) is 0 Å². The molecule has 0 saturated heterocycles. The van der Waals surface area contributed by atoms with Crippen molar-refractivity contribution in [2.24, 2.45) is 11.1 Å². The number of carboxylic acids is 1. The maximum Gasteiger partial charge on any atom is 0.307 e. The van der Waals surface area contributed by atoms with Crippen LogP contribution in [-0.2, 0) is 16.1 Å². The van der Waals surface area contributed by atoms with Gasteiger partial charge in [-0.2, -0.15) is 0 Å². The Hall–Kier alpha value is -3.60. The number of benzene rings is 3. The van der Waals surface area contributed by atoms with E-state index in [1.54, 1.807) is 18.2 Å². The SMILES string of the molecule is O=C(O)Cc1cccc(OCCO/N=C(\CC2CCC2)c2ccc(-c3ccccc3)cc2)c1. The predicted molar refractivity (Wildman–Crippen MR) is 130 cm³/mol. The maximum atomic E-state index is 10.9. The second kappa shape index (κ2) is 11.3. The van der Waals surface area contributed by atoms with Crippen molar-refractivity contribution < 1.29 is 19.5 Å². The van der Waals surface area contributed by atoms with Gasteiger partial charge in [0.05, 0.1) is 12.1 Å². The Balaban J connectivity index is 1.35. The van der Waals surface area contributed by atoms with Gasteiger partial charge in [-0.25, -0.2) is 0 Å². The zero-order valence-electron chi connectivity index (χ0n) is 18.7. The van der Waals surface area contributed by atoms with Gasteiger partial charge >= 0.3 is 5.97 Å².